The molecule has 2 rings (SSSR count). The van der Waals surface area contributed by atoms with Gasteiger partial charge >= 0.3 is 5.97 Å². The number of hydrogen-bond acceptors (Lipinski definition) is 5. The number of carboxylic acid groups (broad SMARTS) is 1. The number of rotatable bonds is 8. The molecule has 0 saturated heterocycles. The van der Waals surface area contributed by atoms with Crippen molar-refractivity contribution in [2.45, 2.75) is 25.8 Å². The van der Waals surface area contributed by atoms with E-state index < -0.39 is 23.8 Å². The summed E-state index contributed by atoms with van der Waals surface area (Å²) in [6, 6.07) is 14.9. The number of hydrazine groups is 1. The summed E-state index contributed by atoms with van der Waals surface area (Å²) in [4.78, 5) is 23.4. The average molecular weight is 418 g/mol. The summed E-state index contributed by atoms with van der Waals surface area (Å²) in [7, 11) is 0. The van der Waals surface area contributed by atoms with E-state index in [-0.39, 0.29) is 12.3 Å². The molecule has 0 fully saturated rings. The highest BCUT2D eigenvalue weighted by Crippen LogP contribution is 2.23. The van der Waals surface area contributed by atoms with Crippen LogP contribution in [0.5, 0.6) is 0 Å². The number of nitrogens with zero attached hydrogens (tertiary/aromatic N) is 1. The average Bonchev–Trinajstić information content (AvgIpc) is 2.68. The van der Waals surface area contributed by atoms with Gasteiger partial charge < -0.3 is 16.2 Å². The predicted octanol–water partition coefficient (Wildman–Crippen LogP) is 1.88. The van der Waals surface area contributed by atoms with E-state index in [0.717, 1.165) is 16.7 Å². The fourth-order valence-corrected chi connectivity index (χ4v) is 3.08. The first-order chi connectivity index (χ1) is 13.8. The maximum absolute atomic E-state index is 12.1. The highest BCUT2D eigenvalue weighted by atomic mass is 35.5. The van der Waals surface area contributed by atoms with Crippen LogP contribution in [-0.4, -0.2) is 28.9 Å². The van der Waals surface area contributed by atoms with Crippen molar-refractivity contribution in [3.63, 3.8) is 0 Å². The number of nitrogens with one attached hydrogen (secondary N) is 2. The van der Waals surface area contributed by atoms with Crippen molar-refractivity contribution in [1.82, 2.24) is 10.9 Å². The third kappa shape index (κ3) is 6.78. The molecule has 9 heteroatoms. The topological polar surface area (TPSA) is 143 Å². The van der Waals surface area contributed by atoms with Crippen LogP contribution < -0.4 is 22.4 Å². The van der Waals surface area contributed by atoms with Gasteiger partial charge in [-0.15, -0.1) is 5.10 Å². The van der Waals surface area contributed by atoms with E-state index in [2.05, 4.69) is 10.4 Å². The molecule has 0 spiro atoms. The van der Waals surface area contributed by atoms with Gasteiger partial charge in [0, 0.05) is 11.1 Å². The van der Waals surface area contributed by atoms with Gasteiger partial charge in [-0.25, -0.2) is 11.4 Å². The molecule has 0 saturated carbocycles. The highest BCUT2D eigenvalue weighted by Gasteiger charge is 2.21. The molecule has 29 heavy (non-hydrogen) atoms. The SMILES string of the molecule is C[C@H](C[C@@H](Cc1ccc(-c2cccc(Cl)c2)cc1)NC(=O)C(N)=NNN)C(=O)O. The van der Waals surface area contributed by atoms with Crippen molar-refractivity contribution >= 4 is 29.3 Å². The number of nitrogens with two attached hydrogens (primary N) is 2. The molecule has 0 aliphatic carbocycles. The Kier molecular flexibility index (Phi) is 7.99. The van der Waals surface area contributed by atoms with Crippen LogP contribution in [0.4, 0.5) is 0 Å². The first-order valence-electron chi connectivity index (χ1n) is 8.97. The van der Waals surface area contributed by atoms with E-state index in [1.54, 1.807) is 6.92 Å². The lowest BCUT2D eigenvalue weighted by Gasteiger charge is -2.21. The second-order valence-corrected chi connectivity index (χ2v) is 7.12. The largest absolute Gasteiger partial charge is 0.481 e. The number of carboxylic acids is 1. The number of benzene rings is 2. The summed E-state index contributed by atoms with van der Waals surface area (Å²) in [5.74, 6) is 2.49. The fourth-order valence-electron chi connectivity index (χ4n) is 2.89. The molecule has 7 N–H and O–H groups in total. The second kappa shape index (κ2) is 10.4. The second-order valence-electron chi connectivity index (χ2n) is 6.68. The lowest BCUT2D eigenvalue weighted by molar-refractivity contribution is -0.141. The van der Waals surface area contributed by atoms with Gasteiger partial charge in [-0.3, -0.25) is 9.59 Å². The van der Waals surface area contributed by atoms with E-state index in [4.69, 9.17) is 23.2 Å². The van der Waals surface area contributed by atoms with Crippen LogP contribution in [0.3, 0.4) is 0 Å². The summed E-state index contributed by atoms with van der Waals surface area (Å²) in [6.45, 7) is 1.59. The molecule has 2 atom stereocenters. The summed E-state index contributed by atoms with van der Waals surface area (Å²) < 4.78 is 0. The Labute approximate surface area is 173 Å². The monoisotopic (exact) mass is 417 g/mol. The van der Waals surface area contributed by atoms with E-state index in [1.807, 2.05) is 54.1 Å². The third-order valence-electron chi connectivity index (χ3n) is 4.41. The normalized spacial score (nSPS) is 13.4. The van der Waals surface area contributed by atoms with Gasteiger partial charge in [0.25, 0.3) is 5.91 Å². The molecular weight excluding hydrogens is 394 g/mol. The number of halogens is 1. The van der Waals surface area contributed by atoms with Gasteiger partial charge in [-0.2, -0.15) is 0 Å². The fraction of sp³-hybridized carbons (Fsp3) is 0.250. The zero-order valence-corrected chi connectivity index (χ0v) is 16.7. The van der Waals surface area contributed by atoms with Gasteiger partial charge in [0.05, 0.1) is 5.92 Å². The van der Waals surface area contributed by atoms with E-state index in [9.17, 15) is 14.7 Å². The molecular formula is C20H24ClN5O3. The first-order valence-corrected chi connectivity index (χ1v) is 9.35. The van der Waals surface area contributed by atoms with Gasteiger partial charge in [-0.1, -0.05) is 54.9 Å². The molecule has 2 aromatic rings. The molecule has 8 nitrogen and oxygen atoms in total. The smallest absolute Gasteiger partial charge is 0.306 e. The van der Waals surface area contributed by atoms with Crippen LogP contribution in [0.2, 0.25) is 5.02 Å². The number of amidine groups is 1. The van der Waals surface area contributed by atoms with Crippen molar-refractivity contribution in [3.8, 4) is 11.1 Å². The maximum atomic E-state index is 12.1. The van der Waals surface area contributed by atoms with Crippen LogP contribution in [0.15, 0.2) is 53.6 Å². The zero-order chi connectivity index (χ0) is 21.4. The Hall–Kier alpha value is -3.10. The third-order valence-corrected chi connectivity index (χ3v) is 4.64. The molecule has 2 aromatic carbocycles. The van der Waals surface area contributed by atoms with Crippen molar-refractivity contribution < 1.29 is 14.7 Å². The van der Waals surface area contributed by atoms with Gasteiger partial charge in [0.1, 0.15) is 0 Å². The molecule has 0 radical (unpaired) electrons. The Morgan fingerprint density at radius 1 is 1.17 bits per heavy atom. The standard InChI is InChI=1S/C20H24ClN5O3/c1-12(20(28)29)9-17(24-19(27)18(22)25-26-23)10-13-5-7-14(8-6-13)15-3-2-4-16(21)11-15/h2-8,11-12,17,26H,9-10,23H2,1H3,(H2,22,25)(H,24,27)(H,28,29)/t12-,17+/m1/s1. The van der Waals surface area contributed by atoms with Crippen LogP contribution >= 0.6 is 11.6 Å². The van der Waals surface area contributed by atoms with Crippen LogP contribution in [0.1, 0.15) is 18.9 Å². The van der Waals surface area contributed by atoms with E-state index in [1.165, 1.54) is 0 Å². The van der Waals surface area contributed by atoms with Crippen LogP contribution in [0, 0.1) is 5.92 Å². The lowest BCUT2D eigenvalue weighted by Crippen LogP contribution is -2.45. The van der Waals surface area contributed by atoms with Crippen molar-refractivity contribution in [2.24, 2.45) is 22.6 Å². The van der Waals surface area contributed by atoms with E-state index in [0.29, 0.717) is 11.4 Å². The highest BCUT2D eigenvalue weighted by molar-refractivity contribution is 6.37. The Balaban J connectivity index is 2.15. The number of aliphatic carboxylic acids is 1. The van der Waals surface area contributed by atoms with Crippen molar-refractivity contribution in [1.29, 1.82) is 0 Å². The molecule has 154 valence electrons. The molecule has 1 amide bonds. The summed E-state index contributed by atoms with van der Waals surface area (Å²) in [5.41, 5.74) is 10.4. The van der Waals surface area contributed by atoms with Gasteiger partial charge in [0.15, 0.2) is 0 Å². The summed E-state index contributed by atoms with van der Waals surface area (Å²) >= 11 is 6.04. The van der Waals surface area contributed by atoms with Gasteiger partial charge in [0.2, 0.25) is 5.84 Å². The van der Waals surface area contributed by atoms with Crippen molar-refractivity contribution in [3.05, 3.63) is 59.1 Å². The molecule has 0 heterocycles. The number of carbonyl (C=O) groups excluding carboxylic acids is 1. The Morgan fingerprint density at radius 2 is 1.86 bits per heavy atom. The molecule has 0 aromatic heterocycles. The quantitative estimate of drug-likeness (QED) is 0.192. The minimum absolute atomic E-state index is 0.237. The number of amides is 1. The lowest BCUT2D eigenvalue weighted by atomic mass is 9.95. The minimum atomic E-state index is -0.939. The van der Waals surface area contributed by atoms with E-state index >= 15 is 0 Å². The van der Waals surface area contributed by atoms with Crippen molar-refractivity contribution in [2.75, 3.05) is 0 Å². The van der Waals surface area contributed by atoms with Gasteiger partial charge in [-0.05, 0) is 41.7 Å². The summed E-state index contributed by atoms with van der Waals surface area (Å²) in [6.07, 6.45) is 0.670. The number of hydrogen-bond donors (Lipinski definition) is 5. The maximum Gasteiger partial charge on any atom is 0.306 e. The Morgan fingerprint density at radius 3 is 2.45 bits per heavy atom. The Bertz CT molecular complexity index is 886. The zero-order valence-electron chi connectivity index (χ0n) is 15.9. The predicted molar refractivity (Wildman–Crippen MR) is 113 cm³/mol. The van der Waals surface area contributed by atoms with Crippen LogP contribution in [0.25, 0.3) is 11.1 Å². The number of carbonyl (C=O) groups is 2. The summed E-state index contributed by atoms with van der Waals surface area (Å²) in [5, 5.41) is 16.0. The molecule has 0 aliphatic heterocycles. The minimum Gasteiger partial charge on any atom is -0.481 e. The number of hydrazone groups is 1. The van der Waals surface area contributed by atoms with Crippen LogP contribution in [-0.2, 0) is 16.0 Å². The molecule has 0 bridgehead atoms. The first kappa shape index (κ1) is 22.2. The molecule has 0 aliphatic rings. The molecule has 0 unspecified atom stereocenters.